The van der Waals surface area contributed by atoms with Gasteiger partial charge >= 0.3 is 0 Å². The molecule has 1 aromatic carbocycles. The first kappa shape index (κ1) is 24.2. The molecule has 2 aromatic rings. The van der Waals surface area contributed by atoms with Crippen molar-refractivity contribution >= 4 is 33.2 Å². The molecule has 0 spiro atoms. The lowest BCUT2D eigenvalue weighted by Gasteiger charge is -2.24. The Morgan fingerprint density at radius 2 is 2.03 bits per heavy atom. The van der Waals surface area contributed by atoms with Crippen LogP contribution < -0.4 is 5.32 Å². The van der Waals surface area contributed by atoms with E-state index in [9.17, 15) is 13.2 Å². The monoisotopic (exact) mass is 475 g/mol. The summed E-state index contributed by atoms with van der Waals surface area (Å²) in [5.74, 6) is 5.95. The van der Waals surface area contributed by atoms with E-state index in [-0.39, 0.29) is 34.8 Å². The Balaban J connectivity index is 1.74. The Bertz CT molecular complexity index is 1120. The topological polar surface area (TPSA) is 109 Å². The van der Waals surface area contributed by atoms with Gasteiger partial charge in [0.2, 0.25) is 5.91 Å². The van der Waals surface area contributed by atoms with E-state index < -0.39 is 9.84 Å². The number of carbonyl (C=O) groups is 1. The molecule has 1 aliphatic carbocycles. The predicted molar refractivity (Wildman–Crippen MR) is 123 cm³/mol. The number of nitrogens with one attached hydrogen (secondary N) is 1. The number of hydrogen-bond acceptors (Lipinski definition) is 6. The van der Waals surface area contributed by atoms with Gasteiger partial charge in [-0.15, -0.1) is 0 Å². The van der Waals surface area contributed by atoms with E-state index >= 15 is 0 Å². The van der Waals surface area contributed by atoms with Crippen LogP contribution in [0.5, 0.6) is 0 Å². The Kier molecular flexibility index (Phi) is 8.24. The Morgan fingerprint density at radius 3 is 2.62 bits per heavy atom. The van der Waals surface area contributed by atoms with Crippen molar-refractivity contribution in [1.82, 2.24) is 9.97 Å². The molecule has 1 atom stereocenters. The molecule has 1 fully saturated rings. The Labute approximate surface area is 193 Å². The summed E-state index contributed by atoms with van der Waals surface area (Å²) in [7, 11) is -3.42. The lowest BCUT2D eigenvalue weighted by molar-refractivity contribution is -0.116. The third-order valence-electron chi connectivity index (χ3n) is 5.53. The number of hydrogen-bond donors (Lipinski definition) is 2. The number of sulfone groups is 1. The van der Waals surface area contributed by atoms with E-state index in [1.807, 2.05) is 0 Å². The van der Waals surface area contributed by atoms with Crippen molar-refractivity contribution in [3.8, 4) is 11.8 Å². The van der Waals surface area contributed by atoms with Crippen LogP contribution in [0.4, 0.5) is 5.82 Å². The molecular weight excluding hydrogens is 450 g/mol. The fourth-order valence-electron chi connectivity index (χ4n) is 4.02. The SMILES string of the molecule is CS(=O)(=O)c1ccc(C(CC(=O)Nc2cnc(C#CCCO)cn2)C2CCCC2)cc1Cl. The molecule has 3 rings (SSSR count). The third-order valence-corrected chi connectivity index (χ3v) is 7.11. The summed E-state index contributed by atoms with van der Waals surface area (Å²) in [6, 6.07) is 4.96. The molecule has 0 saturated heterocycles. The minimum absolute atomic E-state index is 0.0150. The second-order valence-corrected chi connectivity index (χ2v) is 10.3. The third kappa shape index (κ3) is 6.52. The predicted octanol–water partition coefficient (Wildman–Crippen LogP) is 3.57. The summed E-state index contributed by atoms with van der Waals surface area (Å²) in [5, 5.41) is 11.7. The molecule has 1 unspecified atom stereocenters. The number of carbonyl (C=O) groups excluding carboxylic acids is 1. The highest BCUT2D eigenvalue weighted by Gasteiger charge is 2.29. The number of aliphatic hydroxyl groups is 1. The molecule has 1 amide bonds. The van der Waals surface area contributed by atoms with Gasteiger partial charge in [-0.2, -0.15) is 0 Å². The van der Waals surface area contributed by atoms with Crippen molar-refractivity contribution in [3.05, 3.63) is 46.9 Å². The van der Waals surface area contributed by atoms with Crippen LogP contribution in [0.2, 0.25) is 5.02 Å². The number of anilines is 1. The number of aromatic nitrogens is 2. The highest BCUT2D eigenvalue weighted by atomic mass is 35.5. The average Bonchev–Trinajstić information content (AvgIpc) is 3.27. The molecule has 0 bridgehead atoms. The number of rotatable bonds is 7. The number of halogens is 1. The maximum Gasteiger partial charge on any atom is 0.226 e. The van der Waals surface area contributed by atoms with Crippen molar-refractivity contribution in [1.29, 1.82) is 0 Å². The van der Waals surface area contributed by atoms with Crippen LogP contribution in [0, 0.1) is 17.8 Å². The van der Waals surface area contributed by atoms with E-state index in [0.29, 0.717) is 23.9 Å². The van der Waals surface area contributed by atoms with E-state index in [0.717, 1.165) is 37.5 Å². The number of nitrogens with zero attached hydrogens (tertiary/aromatic N) is 2. The van der Waals surface area contributed by atoms with Gasteiger partial charge in [0.1, 0.15) is 5.69 Å². The molecule has 9 heteroatoms. The van der Waals surface area contributed by atoms with Crippen LogP contribution in [0.1, 0.15) is 55.7 Å². The van der Waals surface area contributed by atoms with Crippen LogP contribution in [0.15, 0.2) is 35.5 Å². The zero-order valence-electron chi connectivity index (χ0n) is 17.8. The lowest BCUT2D eigenvalue weighted by Crippen LogP contribution is -2.20. The maximum atomic E-state index is 12.8. The highest BCUT2D eigenvalue weighted by Crippen LogP contribution is 2.40. The van der Waals surface area contributed by atoms with Gasteiger partial charge in [0.05, 0.1) is 28.9 Å². The minimum atomic E-state index is -3.42. The molecule has 7 nitrogen and oxygen atoms in total. The van der Waals surface area contributed by atoms with Gasteiger partial charge in [0.15, 0.2) is 15.7 Å². The highest BCUT2D eigenvalue weighted by molar-refractivity contribution is 7.90. The van der Waals surface area contributed by atoms with Crippen LogP contribution >= 0.6 is 11.6 Å². The van der Waals surface area contributed by atoms with Gasteiger partial charge in [-0.1, -0.05) is 36.4 Å². The number of amides is 1. The molecule has 0 radical (unpaired) electrons. The molecule has 170 valence electrons. The molecule has 32 heavy (non-hydrogen) atoms. The molecule has 2 N–H and O–H groups in total. The summed E-state index contributed by atoms with van der Waals surface area (Å²) >= 11 is 6.27. The van der Waals surface area contributed by atoms with E-state index in [1.54, 1.807) is 12.1 Å². The zero-order valence-corrected chi connectivity index (χ0v) is 19.4. The normalized spacial score (nSPS) is 15.1. The fraction of sp³-hybridized carbons (Fsp3) is 0.435. The second-order valence-electron chi connectivity index (χ2n) is 7.93. The van der Waals surface area contributed by atoms with Crippen LogP contribution in [-0.4, -0.2) is 42.3 Å². The Hall–Kier alpha value is -2.47. The largest absolute Gasteiger partial charge is 0.395 e. The smallest absolute Gasteiger partial charge is 0.226 e. The molecule has 0 aliphatic heterocycles. The molecule has 1 heterocycles. The average molecular weight is 476 g/mol. The number of aliphatic hydroxyl groups excluding tert-OH is 1. The first-order valence-electron chi connectivity index (χ1n) is 10.5. The molecular formula is C23H26ClN3O4S. The number of benzene rings is 1. The lowest BCUT2D eigenvalue weighted by atomic mass is 9.82. The van der Waals surface area contributed by atoms with E-state index in [1.165, 1.54) is 18.5 Å². The van der Waals surface area contributed by atoms with Crippen LogP contribution in [0.25, 0.3) is 0 Å². The second kappa shape index (κ2) is 10.9. The van der Waals surface area contributed by atoms with Gasteiger partial charge in [0.25, 0.3) is 0 Å². The summed E-state index contributed by atoms with van der Waals surface area (Å²) < 4.78 is 23.8. The summed E-state index contributed by atoms with van der Waals surface area (Å²) in [5.41, 5.74) is 1.32. The molecule has 1 saturated carbocycles. The Morgan fingerprint density at radius 1 is 1.28 bits per heavy atom. The van der Waals surface area contributed by atoms with Gasteiger partial charge in [-0.3, -0.25) is 4.79 Å². The van der Waals surface area contributed by atoms with Crippen molar-refractivity contribution < 1.29 is 18.3 Å². The van der Waals surface area contributed by atoms with Gasteiger partial charge in [-0.05, 0) is 48.3 Å². The van der Waals surface area contributed by atoms with Gasteiger partial charge in [0, 0.05) is 19.1 Å². The fourth-order valence-corrected chi connectivity index (χ4v) is 5.36. The summed E-state index contributed by atoms with van der Waals surface area (Å²) in [6.07, 6.45) is 8.90. The quantitative estimate of drug-likeness (QED) is 0.592. The minimum Gasteiger partial charge on any atom is -0.395 e. The first-order chi connectivity index (χ1) is 15.3. The van der Waals surface area contributed by atoms with E-state index in [2.05, 4.69) is 27.1 Å². The zero-order chi connectivity index (χ0) is 23.1. The van der Waals surface area contributed by atoms with E-state index in [4.69, 9.17) is 16.7 Å². The maximum absolute atomic E-state index is 12.8. The molecule has 1 aliphatic rings. The van der Waals surface area contributed by atoms with Gasteiger partial charge < -0.3 is 10.4 Å². The van der Waals surface area contributed by atoms with Gasteiger partial charge in [-0.25, -0.2) is 18.4 Å². The summed E-state index contributed by atoms with van der Waals surface area (Å²) in [6.45, 7) is -0.0150. The van der Waals surface area contributed by atoms with Crippen molar-refractivity contribution in [2.75, 3.05) is 18.2 Å². The van der Waals surface area contributed by atoms with Crippen molar-refractivity contribution in [2.24, 2.45) is 5.92 Å². The van der Waals surface area contributed by atoms with Crippen molar-refractivity contribution in [2.45, 2.75) is 49.3 Å². The standard InChI is InChI=1S/C23H26ClN3O4S/c1-32(30,31)21-10-9-17(12-20(21)24)19(16-6-2-3-7-16)13-23(29)27-22-15-25-18(14-26-22)8-4-5-11-28/h9-10,12,14-16,19,28H,2-3,5-7,11,13H2,1H3,(H,26,27,29). The summed E-state index contributed by atoms with van der Waals surface area (Å²) in [4.78, 5) is 21.2. The molecule has 1 aromatic heterocycles. The van der Waals surface area contributed by atoms with Crippen molar-refractivity contribution in [3.63, 3.8) is 0 Å². The van der Waals surface area contributed by atoms with Crippen LogP contribution in [0.3, 0.4) is 0 Å². The first-order valence-corrected chi connectivity index (χ1v) is 12.8. The van der Waals surface area contributed by atoms with Crippen LogP contribution in [-0.2, 0) is 14.6 Å².